The van der Waals surface area contributed by atoms with Gasteiger partial charge >= 0.3 is 5.97 Å². The molecule has 0 fully saturated rings. The average Bonchev–Trinajstić information content (AvgIpc) is 2.91. The maximum Gasteiger partial charge on any atom is 0.338 e. The van der Waals surface area contributed by atoms with Crippen LogP contribution in [0.1, 0.15) is 26.3 Å². The molecule has 0 aliphatic heterocycles. The molecule has 0 aliphatic carbocycles. The first-order valence-corrected chi connectivity index (χ1v) is 10.8. The van der Waals surface area contributed by atoms with E-state index in [1.54, 1.807) is 61.7 Å². The van der Waals surface area contributed by atoms with Crippen LogP contribution in [0.3, 0.4) is 0 Å². The van der Waals surface area contributed by atoms with E-state index in [1.165, 1.54) is 21.3 Å². The predicted molar refractivity (Wildman–Crippen MR) is 129 cm³/mol. The summed E-state index contributed by atoms with van der Waals surface area (Å²) in [4.78, 5) is 26.6. The number of benzene rings is 3. The number of hydrogen-bond acceptors (Lipinski definition) is 8. The molecule has 1 unspecified atom stereocenters. The van der Waals surface area contributed by atoms with Crippen LogP contribution in [0.25, 0.3) is 0 Å². The molecule has 0 saturated carbocycles. The van der Waals surface area contributed by atoms with Gasteiger partial charge in [0.2, 0.25) is 5.78 Å². The summed E-state index contributed by atoms with van der Waals surface area (Å²) >= 11 is 0. The normalized spacial score (nSPS) is 11.3. The second-order valence-corrected chi connectivity index (χ2v) is 7.45. The van der Waals surface area contributed by atoms with Crippen LogP contribution in [0.2, 0.25) is 0 Å². The quantitative estimate of drug-likeness (QED) is 0.215. The third kappa shape index (κ3) is 6.74. The number of esters is 1. The van der Waals surface area contributed by atoms with E-state index in [4.69, 9.17) is 28.4 Å². The lowest BCUT2D eigenvalue weighted by Gasteiger charge is -2.19. The summed E-state index contributed by atoms with van der Waals surface area (Å²) in [5, 5.41) is 0. The van der Waals surface area contributed by atoms with E-state index in [9.17, 15) is 9.59 Å². The van der Waals surface area contributed by atoms with Crippen LogP contribution in [0.4, 0.5) is 0 Å². The summed E-state index contributed by atoms with van der Waals surface area (Å²) in [6, 6.07) is 18.5. The molecule has 0 aliphatic rings. The van der Waals surface area contributed by atoms with E-state index in [0.29, 0.717) is 22.8 Å². The fourth-order valence-electron chi connectivity index (χ4n) is 3.34. The number of ether oxygens (including phenoxy) is 6. The van der Waals surface area contributed by atoms with Crippen LogP contribution in [0, 0.1) is 0 Å². The number of rotatable bonds is 12. The molecular weight excluding hydrogens is 452 g/mol. The van der Waals surface area contributed by atoms with E-state index in [-0.39, 0.29) is 24.5 Å². The van der Waals surface area contributed by atoms with Crippen LogP contribution >= 0.6 is 0 Å². The van der Waals surface area contributed by atoms with E-state index in [2.05, 4.69) is 0 Å². The highest BCUT2D eigenvalue weighted by Crippen LogP contribution is 2.28. The summed E-state index contributed by atoms with van der Waals surface area (Å²) in [5.74, 6) is 0.998. The number of ketones is 1. The molecule has 35 heavy (non-hydrogen) atoms. The molecule has 0 radical (unpaired) electrons. The molecule has 0 heterocycles. The lowest BCUT2D eigenvalue weighted by molar-refractivity contribution is 0.0275. The van der Waals surface area contributed by atoms with Gasteiger partial charge in [-0.05, 0) is 54.1 Å². The highest BCUT2D eigenvalue weighted by molar-refractivity contribution is 6.04. The van der Waals surface area contributed by atoms with Crippen LogP contribution in [0.5, 0.6) is 23.0 Å². The molecule has 0 saturated heterocycles. The number of methoxy groups -OCH3 is 4. The number of hydrogen-bond donors (Lipinski definition) is 0. The minimum atomic E-state index is -1.11. The molecule has 0 aromatic heterocycles. The number of carbonyl (C=O) groups is 2. The van der Waals surface area contributed by atoms with Gasteiger partial charge in [-0.2, -0.15) is 0 Å². The van der Waals surface area contributed by atoms with Crippen LogP contribution in [-0.2, 0) is 15.9 Å². The first kappa shape index (κ1) is 25.6. The van der Waals surface area contributed by atoms with Crippen molar-refractivity contribution in [3.63, 3.8) is 0 Å². The van der Waals surface area contributed by atoms with Crippen LogP contribution in [-0.4, -0.2) is 53.1 Å². The Labute approximate surface area is 204 Å². The van der Waals surface area contributed by atoms with Crippen molar-refractivity contribution in [2.24, 2.45) is 0 Å². The Kier molecular flexibility index (Phi) is 9.09. The van der Waals surface area contributed by atoms with Gasteiger partial charge in [0.25, 0.3) is 0 Å². The molecule has 8 heteroatoms. The van der Waals surface area contributed by atoms with Crippen molar-refractivity contribution >= 4 is 11.8 Å². The van der Waals surface area contributed by atoms with Crippen LogP contribution in [0.15, 0.2) is 66.7 Å². The molecule has 0 amide bonds. The molecule has 8 nitrogen and oxygen atoms in total. The molecule has 0 spiro atoms. The average molecular weight is 481 g/mol. The van der Waals surface area contributed by atoms with Gasteiger partial charge in [0.05, 0.1) is 32.5 Å². The van der Waals surface area contributed by atoms with Gasteiger partial charge in [0.1, 0.15) is 23.0 Å². The van der Waals surface area contributed by atoms with Crippen molar-refractivity contribution in [1.82, 2.24) is 0 Å². The molecule has 184 valence electrons. The van der Waals surface area contributed by atoms with E-state index >= 15 is 0 Å². The Morgan fingerprint density at radius 1 is 0.743 bits per heavy atom. The molecule has 0 bridgehead atoms. The molecule has 3 aromatic carbocycles. The van der Waals surface area contributed by atoms with Crippen molar-refractivity contribution in [3.05, 3.63) is 83.4 Å². The minimum Gasteiger partial charge on any atom is -0.497 e. The minimum absolute atomic E-state index is 0.0672. The van der Waals surface area contributed by atoms with Gasteiger partial charge in [-0.1, -0.05) is 12.1 Å². The van der Waals surface area contributed by atoms with E-state index in [0.717, 1.165) is 5.56 Å². The SMILES string of the molecule is COCOc1cc(OC)ccc1C(=O)C(Cc1ccc(OC)cc1)OC(=O)c1ccc(OC)cc1. The van der Waals surface area contributed by atoms with Crippen LogP contribution < -0.4 is 18.9 Å². The zero-order valence-corrected chi connectivity index (χ0v) is 20.1. The second kappa shape index (κ2) is 12.4. The third-order valence-corrected chi connectivity index (χ3v) is 5.23. The highest BCUT2D eigenvalue weighted by Gasteiger charge is 2.28. The van der Waals surface area contributed by atoms with Gasteiger partial charge < -0.3 is 28.4 Å². The Balaban J connectivity index is 1.92. The number of Topliss-reactive ketones (excluding diaryl/α,β-unsaturated/α-hetero) is 1. The summed E-state index contributed by atoms with van der Waals surface area (Å²) < 4.78 is 31.9. The maximum atomic E-state index is 13.6. The Bertz CT molecular complexity index is 1120. The van der Waals surface area contributed by atoms with E-state index in [1.807, 2.05) is 12.1 Å². The van der Waals surface area contributed by atoms with Crippen molar-refractivity contribution in [1.29, 1.82) is 0 Å². The fraction of sp³-hybridized carbons (Fsp3) is 0.259. The van der Waals surface area contributed by atoms with Crippen molar-refractivity contribution < 1.29 is 38.0 Å². The summed E-state index contributed by atoms with van der Waals surface area (Å²) in [5.41, 5.74) is 1.33. The lowest BCUT2D eigenvalue weighted by Crippen LogP contribution is -2.30. The van der Waals surface area contributed by atoms with Gasteiger partial charge in [-0.25, -0.2) is 4.79 Å². The van der Waals surface area contributed by atoms with Gasteiger partial charge in [0, 0.05) is 19.6 Å². The molecule has 1 atom stereocenters. The standard InChI is InChI=1S/C27H28O8/c1-30-17-34-24-16-22(33-4)13-14-23(24)26(28)25(15-18-5-9-20(31-2)10-6-18)35-27(29)19-7-11-21(32-3)12-8-19/h5-14,16,25H,15,17H2,1-4H3. The topological polar surface area (TPSA) is 89.5 Å². The molecule has 3 aromatic rings. The smallest absolute Gasteiger partial charge is 0.338 e. The summed E-state index contributed by atoms with van der Waals surface area (Å²) in [6.07, 6.45) is -0.961. The molecular formula is C27H28O8. The first-order chi connectivity index (χ1) is 17.0. The van der Waals surface area contributed by atoms with Crippen molar-refractivity contribution in [2.75, 3.05) is 35.2 Å². The van der Waals surface area contributed by atoms with E-state index < -0.39 is 17.9 Å². The highest BCUT2D eigenvalue weighted by atomic mass is 16.7. The Morgan fingerprint density at radius 3 is 1.89 bits per heavy atom. The zero-order valence-electron chi connectivity index (χ0n) is 20.1. The largest absolute Gasteiger partial charge is 0.497 e. The van der Waals surface area contributed by atoms with Gasteiger partial charge in [-0.15, -0.1) is 0 Å². The molecule has 0 N–H and O–H groups in total. The fourth-order valence-corrected chi connectivity index (χ4v) is 3.34. The monoisotopic (exact) mass is 480 g/mol. The number of carbonyl (C=O) groups excluding carboxylic acids is 2. The van der Waals surface area contributed by atoms with Crippen molar-refractivity contribution in [2.45, 2.75) is 12.5 Å². The second-order valence-electron chi connectivity index (χ2n) is 7.45. The lowest BCUT2D eigenvalue weighted by atomic mass is 9.98. The van der Waals surface area contributed by atoms with Crippen molar-refractivity contribution in [3.8, 4) is 23.0 Å². The predicted octanol–water partition coefficient (Wildman–Crippen LogP) is 4.35. The van der Waals surface area contributed by atoms with Gasteiger partial charge in [0.15, 0.2) is 12.9 Å². The Hall–Kier alpha value is -4.04. The third-order valence-electron chi connectivity index (χ3n) is 5.23. The first-order valence-electron chi connectivity index (χ1n) is 10.8. The summed E-state index contributed by atoms with van der Waals surface area (Å²) in [6.45, 7) is -0.0672. The zero-order chi connectivity index (χ0) is 25.2. The summed E-state index contributed by atoms with van der Waals surface area (Å²) in [7, 11) is 6.10. The maximum absolute atomic E-state index is 13.6. The molecule has 3 rings (SSSR count). The van der Waals surface area contributed by atoms with Gasteiger partial charge in [-0.3, -0.25) is 4.79 Å². The Morgan fingerprint density at radius 2 is 1.31 bits per heavy atom.